The van der Waals surface area contributed by atoms with Crippen molar-refractivity contribution in [2.75, 3.05) is 32.5 Å². The normalized spacial score (nSPS) is 10.9. The van der Waals surface area contributed by atoms with Gasteiger partial charge in [0.1, 0.15) is 0 Å². The van der Waals surface area contributed by atoms with Crippen LogP contribution >= 0.6 is 0 Å². The highest BCUT2D eigenvalue weighted by Crippen LogP contribution is 2.04. The number of nitrogens with zero attached hydrogens (tertiary/aromatic N) is 3. The molecular weight excluding hydrogens is 176 g/mol. The van der Waals surface area contributed by atoms with Crippen molar-refractivity contribution in [1.82, 2.24) is 14.5 Å². The van der Waals surface area contributed by atoms with Crippen molar-refractivity contribution in [2.24, 2.45) is 0 Å². The highest BCUT2D eigenvalue weighted by molar-refractivity contribution is 5.25. The van der Waals surface area contributed by atoms with E-state index in [1.165, 1.54) is 0 Å². The van der Waals surface area contributed by atoms with Crippen LogP contribution in [0.3, 0.4) is 0 Å². The minimum atomic E-state index is 0.921. The van der Waals surface area contributed by atoms with E-state index in [1.807, 2.05) is 12.4 Å². The molecule has 0 aliphatic rings. The lowest BCUT2D eigenvalue weighted by Crippen LogP contribution is -2.15. The predicted octanol–water partition coefficient (Wildman–Crippen LogP) is 1.27. The van der Waals surface area contributed by atoms with Crippen molar-refractivity contribution in [3.8, 4) is 0 Å². The maximum atomic E-state index is 4.24. The van der Waals surface area contributed by atoms with Crippen LogP contribution < -0.4 is 5.32 Å². The van der Waals surface area contributed by atoms with Gasteiger partial charge in [0.25, 0.3) is 0 Å². The van der Waals surface area contributed by atoms with Gasteiger partial charge >= 0.3 is 0 Å². The second-order valence-electron chi connectivity index (χ2n) is 3.63. The number of nitrogens with one attached hydrogen (secondary N) is 1. The Morgan fingerprint density at radius 1 is 1.50 bits per heavy atom. The van der Waals surface area contributed by atoms with Gasteiger partial charge in [-0.3, -0.25) is 0 Å². The van der Waals surface area contributed by atoms with Gasteiger partial charge in [-0.25, -0.2) is 4.98 Å². The van der Waals surface area contributed by atoms with Crippen molar-refractivity contribution < 1.29 is 0 Å². The Hall–Kier alpha value is -1.03. The zero-order chi connectivity index (χ0) is 10.4. The number of imidazole rings is 1. The number of aromatic nitrogens is 2. The Bertz CT molecular complexity index is 254. The fraction of sp³-hybridized carbons (Fsp3) is 0.700. The number of aryl methyl sites for hydroxylation is 1. The summed E-state index contributed by atoms with van der Waals surface area (Å²) in [4.78, 5) is 6.44. The zero-order valence-electron chi connectivity index (χ0n) is 9.32. The van der Waals surface area contributed by atoms with Crippen molar-refractivity contribution in [3.05, 3.63) is 12.4 Å². The molecule has 0 unspecified atom stereocenters. The fourth-order valence-electron chi connectivity index (χ4n) is 1.37. The van der Waals surface area contributed by atoms with Gasteiger partial charge in [0.2, 0.25) is 5.95 Å². The number of hydrogen-bond donors (Lipinski definition) is 1. The molecule has 0 fully saturated rings. The molecule has 0 radical (unpaired) electrons. The Kier molecular flexibility index (Phi) is 4.46. The van der Waals surface area contributed by atoms with E-state index in [2.05, 4.69) is 40.8 Å². The molecule has 0 spiro atoms. The monoisotopic (exact) mass is 196 g/mol. The average molecular weight is 196 g/mol. The molecule has 0 saturated carbocycles. The zero-order valence-corrected chi connectivity index (χ0v) is 9.32. The molecule has 4 heteroatoms. The highest BCUT2D eigenvalue weighted by atomic mass is 15.2. The summed E-state index contributed by atoms with van der Waals surface area (Å²) in [5.74, 6) is 0.978. The number of hydrogen-bond acceptors (Lipinski definition) is 3. The van der Waals surface area contributed by atoms with Gasteiger partial charge < -0.3 is 14.8 Å². The van der Waals surface area contributed by atoms with Gasteiger partial charge in [-0.2, -0.15) is 0 Å². The number of rotatable bonds is 6. The molecule has 1 aromatic heterocycles. The quantitative estimate of drug-likeness (QED) is 0.743. The molecule has 1 rings (SSSR count). The molecular formula is C10H20N4. The Morgan fingerprint density at radius 3 is 2.93 bits per heavy atom. The third kappa shape index (κ3) is 3.38. The minimum absolute atomic E-state index is 0.921. The van der Waals surface area contributed by atoms with Crippen LogP contribution in [0.2, 0.25) is 0 Å². The van der Waals surface area contributed by atoms with Gasteiger partial charge in [-0.05, 0) is 34.0 Å². The molecule has 80 valence electrons. The van der Waals surface area contributed by atoms with E-state index in [1.54, 1.807) is 0 Å². The molecule has 0 aliphatic carbocycles. The molecule has 0 aromatic carbocycles. The van der Waals surface area contributed by atoms with Crippen LogP contribution in [0.1, 0.15) is 13.3 Å². The van der Waals surface area contributed by atoms with E-state index >= 15 is 0 Å². The van der Waals surface area contributed by atoms with Gasteiger partial charge in [0, 0.05) is 25.5 Å². The van der Waals surface area contributed by atoms with Gasteiger partial charge in [-0.1, -0.05) is 0 Å². The van der Waals surface area contributed by atoms with Gasteiger partial charge in [-0.15, -0.1) is 0 Å². The van der Waals surface area contributed by atoms with E-state index in [-0.39, 0.29) is 0 Å². The Morgan fingerprint density at radius 2 is 2.29 bits per heavy atom. The SMILES string of the molecule is CCNc1nccn1CCCN(C)C. The summed E-state index contributed by atoms with van der Waals surface area (Å²) in [6, 6.07) is 0. The lowest BCUT2D eigenvalue weighted by molar-refractivity contribution is 0.387. The first-order chi connectivity index (χ1) is 6.74. The third-order valence-electron chi connectivity index (χ3n) is 2.05. The molecule has 1 N–H and O–H groups in total. The lowest BCUT2D eigenvalue weighted by Gasteiger charge is -2.11. The van der Waals surface area contributed by atoms with Crippen LogP contribution in [-0.4, -0.2) is 41.6 Å². The highest BCUT2D eigenvalue weighted by Gasteiger charge is 2.00. The summed E-state index contributed by atoms with van der Waals surface area (Å²) in [7, 11) is 4.19. The van der Waals surface area contributed by atoms with E-state index in [9.17, 15) is 0 Å². The van der Waals surface area contributed by atoms with E-state index in [0.717, 1.165) is 32.0 Å². The Labute approximate surface area is 85.9 Å². The van der Waals surface area contributed by atoms with Crippen LogP contribution in [0.15, 0.2) is 12.4 Å². The predicted molar refractivity (Wildman–Crippen MR) is 59.6 cm³/mol. The third-order valence-corrected chi connectivity index (χ3v) is 2.05. The van der Waals surface area contributed by atoms with Crippen LogP contribution in [0.5, 0.6) is 0 Å². The molecule has 14 heavy (non-hydrogen) atoms. The van der Waals surface area contributed by atoms with Crippen LogP contribution in [0, 0.1) is 0 Å². The smallest absolute Gasteiger partial charge is 0.202 e. The molecule has 1 heterocycles. The van der Waals surface area contributed by atoms with Gasteiger partial charge in [0.05, 0.1) is 0 Å². The molecule has 1 aromatic rings. The lowest BCUT2D eigenvalue weighted by atomic mass is 10.4. The van der Waals surface area contributed by atoms with Crippen LogP contribution in [0.4, 0.5) is 5.95 Å². The maximum Gasteiger partial charge on any atom is 0.202 e. The summed E-state index contributed by atoms with van der Waals surface area (Å²) >= 11 is 0. The molecule has 0 saturated heterocycles. The van der Waals surface area contributed by atoms with Crippen molar-refractivity contribution in [3.63, 3.8) is 0 Å². The topological polar surface area (TPSA) is 33.1 Å². The summed E-state index contributed by atoms with van der Waals surface area (Å²) < 4.78 is 2.16. The molecule has 0 amide bonds. The van der Waals surface area contributed by atoms with E-state index < -0.39 is 0 Å². The first kappa shape index (κ1) is 11.0. The first-order valence-electron chi connectivity index (χ1n) is 5.13. The average Bonchev–Trinajstić information content (AvgIpc) is 2.53. The second kappa shape index (κ2) is 5.65. The summed E-state index contributed by atoms with van der Waals surface area (Å²) in [6.07, 6.45) is 5.02. The van der Waals surface area contributed by atoms with E-state index in [4.69, 9.17) is 0 Å². The number of anilines is 1. The Balaban J connectivity index is 2.37. The molecule has 4 nitrogen and oxygen atoms in total. The van der Waals surface area contributed by atoms with Crippen molar-refractivity contribution in [1.29, 1.82) is 0 Å². The van der Waals surface area contributed by atoms with Crippen LogP contribution in [-0.2, 0) is 6.54 Å². The molecule has 0 aliphatic heterocycles. The second-order valence-corrected chi connectivity index (χ2v) is 3.63. The van der Waals surface area contributed by atoms with Crippen molar-refractivity contribution in [2.45, 2.75) is 19.9 Å². The summed E-state index contributed by atoms with van der Waals surface area (Å²) in [6.45, 7) is 5.15. The maximum absolute atomic E-state index is 4.24. The molecule has 0 atom stereocenters. The van der Waals surface area contributed by atoms with E-state index in [0.29, 0.717) is 0 Å². The first-order valence-corrected chi connectivity index (χ1v) is 5.13. The standard InChI is InChI=1S/C10H20N4/c1-4-11-10-12-6-9-14(10)8-5-7-13(2)3/h6,9H,4-5,7-8H2,1-3H3,(H,11,12). The minimum Gasteiger partial charge on any atom is -0.356 e. The summed E-state index contributed by atoms with van der Waals surface area (Å²) in [5.41, 5.74) is 0. The fourth-order valence-corrected chi connectivity index (χ4v) is 1.37. The summed E-state index contributed by atoms with van der Waals surface area (Å²) in [5, 5.41) is 3.23. The van der Waals surface area contributed by atoms with Crippen molar-refractivity contribution >= 4 is 5.95 Å². The molecule has 0 bridgehead atoms. The van der Waals surface area contributed by atoms with Crippen LogP contribution in [0.25, 0.3) is 0 Å². The largest absolute Gasteiger partial charge is 0.356 e. The van der Waals surface area contributed by atoms with Gasteiger partial charge in [0.15, 0.2) is 0 Å².